The fourth-order valence-electron chi connectivity index (χ4n) is 3.24. The largest absolute Gasteiger partial charge is 0.380 e. The number of nitrogens with two attached hydrogens (primary N) is 1. The maximum atomic E-state index is 12.4. The molecule has 1 aliphatic carbocycles. The number of hydrogen-bond acceptors (Lipinski definition) is 3. The third-order valence-electron chi connectivity index (χ3n) is 4.12. The van der Waals surface area contributed by atoms with E-state index in [-0.39, 0.29) is 18.1 Å². The van der Waals surface area contributed by atoms with Crippen molar-refractivity contribution in [1.82, 2.24) is 4.90 Å². The fraction of sp³-hybridized carbons (Fsp3) is 0.923. The zero-order valence-corrected chi connectivity index (χ0v) is 10.9. The first kappa shape index (κ1) is 12.8. The van der Waals surface area contributed by atoms with Gasteiger partial charge in [0.1, 0.15) is 0 Å². The van der Waals surface area contributed by atoms with Gasteiger partial charge in [-0.3, -0.25) is 4.79 Å². The van der Waals surface area contributed by atoms with Gasteiger partial charge < -0.3 is 15.4 Å². The van der Waals surface area contributed by atoms with Gasteiger partial charge in [0.25, 0.3) is 0 Å². The summed E-state index contributed by atoms with van der Waals surface area (Å²) in [6, 6.07) is 0.202. The Labute approximate surface area is 103 Å². The van der Waals surface area contributed by atoms with Crippen molar-refractivity contribution < 1.29 is 9.53 Å². The maximum Gasteiger partial charge on any atom is 0.225 e. The van der Waals surface area contributed by atoms with Crippen LogP contribution >= 0.6 is 0 Å². The van der Waals surface area contributed by atoms with Crippen LogP contribution < -0.4 is 5.73 Å². The Morgan fingerprint density at radius 3 is 2.71 bits per heavy atom. The molecule has 0 aromatic heterocycles. The zero-order chi connectivity index (χ0) is 12.4. The molecular weight excluding hydrogens is 216 g/mol. The van der Waals surface area contributed by atoms with Gasteiger partial charge in [0, 0.05) is 32.2 Å². The summed E-state index contributed by atoms with van der Waals surface area (Å²) in [5, 5.41) is 0. The van der Waals surface area contributed by atoms with E-state index in [2.05, 4.69) is 6.92 Å². The fourth-order valence-corrected chi connectivity index (χ4v) is 3.24. The molecule has 4 atom stereocenters. The van der Waals surface area contributed by atoms with E-state index in [4.69, 9.17) is 10.5 Å². The lowest BCUT2D eigenvalue weighted by Gasteiger charge is -2.32. The molecule has 17 heavy (non-hydrogen) atoms. The highest BCUT2D eigenvalue weighted by atomic mass is 16.5. The molecule has 98 valence electrons. The molecule has 0 radical (unpaired) electrons. The number of likely N-dealkylation sites (tertiary alicyclic amines) is 1. The third-order valence-corrected chi connectivity index (χ3v) is 4.12. The molecule has 1 saturated carbocycles. The Hall–Kier alpha value is -0.610. The van der Waals surface area contributed by atoms with E-state index in [0.29, 0.717) is 11.8 Å². The van der Waals surface area contributed by atoms with E-state index in [9.17, 15) is 4.79 Å². The number of carbonyl (C=O) groups excluding carboxylic acids is 1. The van der Waals surface area contributed by atoms with Gasteiger partial charge >= 0.3 is 0 Å². The lowest BCUT2D eigenvalue weighted by atomic mass is 9.79. The van der Waals surface area contributed by atoms with E-state index in [1.165, 1.54) is 0 Å². The van der Waals surface area contributed by atoms with Crippen molar-refractivity contribution in [3.63, 3.8) is 0 Å². The van der Waals surface area contributed by atoms with Crippen LogP contribution in [0.3, 0.4) is 0 Å². The first-order valence-corrected chi connectivity index (χ1v) is 6.67. The van der Waals surface area contributed by atoms with Crippen molar-refractivity contribution in [2.75, 3.05) is 20.2 Å². The van der Waals surface area contributed by atoms with Crippen molar-refractivity contribution in [3.05, 3.63) is 0 Å². The van der Waals surface area contributed by atoms with Crippen LogP contribution in [0.15, 0.2) is 0 Å². The quantitative estimate of drug-likeness (QED) is 0.783. The van der Waals surface area contributed by atoms with E-state index < -0.39 is 0 Å². The van der Waals surface area contributed by atoms with Gasteiger partial charge in [-0.25, -0.2) is 0 Å². The second-order valence-electron chi connectivity index (χ2n) is 5.70. The van der Waals surface area contributed by atoms with Gasteiger partial charge in [-0.1, -0.05) is 6.92 Å². The molecule has 4 heteroatoms. The number of ether oxygens (including phenoxy) is 1. The molecule has 1 heterocycles. The highest BCUT2D eigenvalue weighted by molar-refractivity contribution is 5.79. The highest BCUT2D eigenvalue weighted by Gasteiger charge is 2.34. The number of rotatable bonds is 2. The first-order valence-electron chi connectivity index (χ1n) is 6.67. The van der Waals surface area contributed by atoms with Crippen molar-refractivity contribution in [1.29, 1.82) is 0 Å². The van der Waals surface area contributed by atoms with Gasteiger partial charge in [-0.15, -0.1) is 0 Å². The van der Waals surface area contributed by atoms with Crippen LogP contribution in [-0.4, -0.2) is 43.2 Å². The van der Waals surface area contributed by atoms with Crippen LogP contribution in [0.4, 0.5) is 0 Å². The summed E-state index contributed by atoms with van der Waals surface area (Å²) in [7, 11) is 1.72. The monoisotopic (exact) mass is 240 g/mol. The average Bonchev–Trinajstić information content (AvgIpc) is 2.75. The van der Waals surface area contributed by atoms with E-state index in [0.717, 1.165) is 38.8 Å². The summed E-state index contributed by atoms with van der Waals surface area (Å²) in [6.45, 7) is 3.80. The maximum absolute atomic E-state index is 12.4. The first-order chi connectivity index (χ1) is 8.10. The number of amides is 1. The van der Waals surface area contributed by atoms with Crippen LogP contribution in [-0.2, 0) is 9.53 Å². The smallest absolute Gasteiger partial charge is 0.225 e. The third kappa shape index (κ3) is 2.99. The topological polar surface area (TPSA) is 55.6 Å². The standard InChI is InChI=1S/C13H24N2O2/c1-9-5-10(7-11(14)6-9)13(16)15-4-3-12(8-15)17-2/h9-12H,3-8,14H2,1-2H3. The molecule has 1 aliphatic heterocycles. The Kier molecular flexibility index (Phi) is 4.05. The summed E-state index contributed by atoms with van der Waals surface area (Å²) in [5.41, 5.74) is 6.01. The van der Waals surface area contributed by atoms with E-state index in [1.54, 1.807) is 7.11 Å². The van der Waals surface area contributed by atoms with Crippen molar-refractivity contribution >= 4 is 5.91 Å². The van der Waals surface area contributed by atoms with Crippen LogP contribution in [0, 0.1) is 11.8 Å². The highest BCUT2D eigenvalue weighted by Crippen LogP contribution is 2.30. The summed E-state index contributed by atoms with van der Waals surface area (Å²) in [6.07, 6.45) is 4.12. The minimum absolute atomic E-state index is 0.143. The van der Waals surface area contributed by atoms with E-state index in [1.807, 2.05) is 4.90 Å². The molecule has 2 fully saturated rings. The summed E-state index contributed by atoms with van der Waals surface area (Å²) < 4.78 is 5.30. The molecule has 1 saturated heterocycles. The molecule has 0 aromatic rings. The van der Waals surface area contributed by atoms with Crippen molar-refractivity contribution in [2.45, 2.75) is 44.8 Å². The molecule has 4 nitrogen and oxygen atoms in total. The van der Waals surface area contributed by atoms with Gasteiger partial charge in [-0.2, -0.15) is 0 Å². The lowest BCUT2D eigenvalue weighted by Crippen LogP contribution is -2.41. The minimum Gasteiger partial charge on any atom is -0.380 e. The summed E-state index contributed by atoms with van der Waals surface area (Å²) in [4.78, 5) is 14.3. The van der Waals surface area contributed by atoms with Gasteiger partial charge in [-0.05, 0) is 31.6 Å². The van der Waals surface area contributed by atoms with Crippen LogP contribution in [0.2, 0.25) is 0 Å². The van der Waals surface area contributed by atoms with Crippen LogP contribution in [0.25, 0.3) is 0 Å². The van der Waals surface area contributed by atoms with Crippen molar-refractivity contribution in [3.8, 4) is 0 Å². The number of methoxy groups -OCH3 is 1. The lowest BCUT2D eigenvalue weighted by molar-refractivity contribution is -0.136. The molecule has 4 unspecified atom stereocenters. The minimum atomic E-state index is 0.143. The van der Waals surface area contributed by atoms with Crippen molar-refractivity contribution in [2.24, 2.45) is 17.6 Å². The number of hydrogen-bond donors (Lipinski definition) is 1. The van der Waals surface area contributed by atoms with Gasteiger partial charge in [0.2, 0.25) is 5.91 Å². The Balaban J connectivity index is 1.91. The zero-order valence-electron chi connectivity index (χ0n) is 10.9. The molecule has 0 spiro atoms. The molecule has 0 aromatic carbocycles. The predicted molar refractivity (Wildman–Crippen MR) is 66.5 cm³/mol. The molecule has 0 bridgehead atoms. The van der Waals surface area contributed by atoms with Gasteiger partial charge in [0.05, 0.1) is 6.10 Å². The summed E-state index contributed by atoms with van der Waals surface area (Å²) in [5.74, 6) is 1.02. The Morgan fingerprint density at radius 2 is 2.12 bits per heavy atom. The second kappa shape index (κ2) is 5.36. The Bertz CT molecular complexity index is 273. The van der Waals surface area contributed by atoms with Crippen LogP contribution in [0.1, 0.15) is 32.6 Å². The normalized spacial score (nSPS) is 38.4. The predicted octanol–water partition coefficient (Wildman–Crippen LogP) is 0.997. The van der Waals surface area contributed by atoms with Crippen LogP contribution in [0.5, 0.6) is 0 Å². The number of carbonyl (C=O) groups is 1. The average molecular weight is 240 g/mol. The number of nitrogens with zero attached hydrogens (tertiary/aromatic N) is 1. The molecular formula is C13H24N2O2. The SMILES string of the molecule is COC1CCN(C(=O)C2CC(C)CC(N)C2)C1. The molecule has 1 amide bonds. The summed E-state index contributed by atoms with van der Waals surface area (Å²) >= 11 is 0. The Morgan fingerprint density at radius 1 is 1.35 bits per heavy atom. The molecule has 2 aliphatic rings. The van der Waals surface area contributed by atoms with Gasteiger partial charge in [0.15, 0.2) is 0 Å². The second-order valence-corrected chi connectivity index (χ2v) is 5.70. The molecule has 2 N–H and O–H groups in total. The van der Waals surface area contributed by atoms with E-state index >= 15 is 0 Å². The molecule has 2 rings (SSSR count).